The molecular weight excluding hydrogens is 238 g/mol. The quantitative estimate of drug-likeness (QED) is 0.790. The van der Waals surface area contributed by atoms with Crippen LogP contribution in [0.5, 0.6) is 0 Å². The van der Waals surface area contributed by atoms with Crippen molar-refractivity contribution in [2.75, 3.05) is 23.4 Å². The summed E-state index contributed by atoms with van der Waals surface area (Å²) in [7, 11) is 1.91. The Morgan fingerprint density at radius 2 is 1.89 bits per heavy atom. The smallest absolute Gasteiger partial charge is 0.175 e. The number of nitrogens with two attached hydrogens (primary N) is 1. The zero-order valence-electron chi connectivity index (χ0n) is 11.1. The molecule has 1 aliphatic rings. The normalized spacial score (nSPS) is 13.9. The summed E-state index contributed by atoms with van der Waals surface area (Å²) in [6.07, 6.45) is 3.41. The second-order valence-corrected chi connectivity index (χ2v) is 4.84. The Morgan fingerprint density at radius 1 is 1.16 bits per heavy atom. The number of rotatable bonds is 3. The maximum atomic E-state index is 6.17. The summed E-state index contributed by atoms with van der Waals surface area (Å²) in [6.45, 7) is 0.972. The van der Waals surface area contributed by atoms with Crippen LogP contribution in [-0.4, -0.2) is 16.8 Å². The maximum absolute atomic E-state index is 6.17. The zero-order chi connectivity index (χ0) is 13.2. The van der Waals surface area contributed by atoms with Crippen LogP contribution in [0, 0.1) is 0 Å². The molecule has 1 aromatic heterocycles. The van der Waals surface area contributed by atoms with Crippen LogP contribution in [0.2, 0.25) is 0 Å². The minimum absolute atomic E-state index is 0.772. The summed E-state index contributed by atoms with van der Waals surface area (Å²) in [5.74, 6) is 0.772. The van der Waals surface area contributed by atoms with E-state index in [1.54, 1.807) is 0 Å². The molecule has 0 unspecified atom stereocenters. The fourth-order valence-corrected chi connectivity index (χ4v) is 2.46. The molecule has 3 rings (SSSR count). The first-order valence-electron chi connectivity index (χ1n) is 6.68. The van der Waals surface area contributed by atoms with Gasteiger partial charge >= 0.3 is 0 Å². The highest BCUT2D eigenvalue weighted by Crippen LogP contribution is 2.29. The number of nitrogens with zero attached hydrogens (tertiary/aromatic N) is 2. The van der Waals surface area contributed by atoms with E-state index >= 15 is 0 Å². The van der Waals surface area contributed by atoms with Crippen molar-refractivity contribution < 1.29 is 0 Å². The minimum Gasteiger partial charge on any atom is -0.394 e. The van der Waals surface area contributed by atoms with Crippen LogP contribution in [0.1, 0.15) is 18.5 Å². The highest BCUT2D eigenvalue weighted by Gasteiger charge is 2.18. The van der Waals surface area contributed by atoms with Gasteiger partial charge in [0, 0.05) is 25.0 Å². The lowest BCUT2D eigenvalue weighted by molar-refractivity contribution is 0.488. The van der Waals surface area contributed by atoms with Gasteiger partial charge in [-0.1, -0.05) is 0 Å². The van der Waals surface area contributed by atoms with Crippen molar-refractivity contribution >= 4 is 22.9 Å². The molecule has 0 spiro atoms. The number of anilines is 4. The highest BCUT2D eigenvalue weighted by molar-refractivity contribution is 5.71. The van der Waals surface area contributed by atoms with Crippen LogP contribution in [0.25, 0.3) is 0 Å². The number of aryl methyl sites for hydroxylation is 1. The van der Waals surface area contributed by atoms with Crippen LogP contribution in [0.4, 0.5) is 22.9 Å². The predicted octanol–water partition coefficient (Wildman–Crippen LogP) is 2.59. The van der Waals surface area contributed by atoms with Gasteiger partial charge in [0.05, 0.1) is 11.4 Å². The van der Waals surface area contributed by atoms with Gasteiger partial charge in [0.2, 0.25) is 0 Å². The van der Waals surface area contributed by atoms with Crippen molar-refractivity contribution in [1.29, 1.82) is 0 Å². The van der Waals surface area contributed by atoms with Crippen molar-refractivity contribution in [2.45, 2.75) is 25.8 Å². The van der Waals surface area contributed by atoms with Crippen LogP contribution in [-0.2, 0) is 13.0 Å². The number of aromatic nitrogens is 2. The van der Waals surface area contributed by atoms with Gasteiger partial charge in [0.25, 0.3) is 0 Å². The number of benzene rings is 1. The number of hydrogen-bond donors (Lipinski definition) is 3. The van der Waals surface area contributed by atoms with Crippen LogP contribution >= 0.6 is 0 Å². The Balaban J connectivity index is 1.84. The zero-order valence-corrected chi connectivity index (χ0v) is 11.1. The fourth-order valence-electron chi connectivity index (χ4n) is 2.46. The van der Waals surface area contributed by atoms with Gasteiger partial charge in [-0.3, -0.25) is 4.68 Å². The van der Waals surface area contributed by atoms with E-state index in [1.807, 2.05) is 36.0 Å². The molecular formula is C14H19N5. The van der Waals surface area contributed by atoms with Crippen molar-refractivity contribution in [3.63, 3.8) is 0 Å². The van der Waals surface area contributed by atoms with E-state index < -0.39 is 0 Å². The molecule has 4 N–H and O–H groups in total. The number of nitrogen functional groups attached to an aromatic ring is 1. The van der Waals surface area contributed by atoms with Gasteiger partial charge in [-0.05, 0) is 43.5 Å². The molecule has 0 radical (unpaired) electrons. The van der Waals surface area contributed by atoms with E-state index in [4.69, 9.17) is 5.73 Å². The lowest BCUT2D eigenvalue weighted by atomic mass is 10.1. The second kappa shape index (κ2) is 4.84. The highest BCUT2D eigenvalue weighted by atomic mass is 15.3. The summed E-state index contributed by atoms with van der Waals surface area (Å²) >= 11 is 0. The molecule has 5 nitrogen and oxygen atoms in total. The molecule has 1 aliphatic heterocycles. The van der Waals surface area contributed by atoms with Gasteiger partial charge in [-0.25, -0.2) is 0 Å². The van der Waals surface area contributed by atoms with Gasteiger partial charge in [-0.2, -0.15) is 5.10 Å². The van der Waals surface area contributed by atoms with E-state index in [0.29, 0.717) is 0 Å². The molecule has 2 heterocycles. The summed E-state index contributed by atoms with van der Waals surface area (Å²) < 4.78 is 2.03. The third-order valence-corrected chi connectivity index (χ3v) is 3.57. The molecule has 1 aromatic carbocycles. The Morgan fingerprint density at radius 3 is 2.58 bits per heavy atom. The maximum Gasteiger partial charge on any atom is 0.175 e. The van der Waals surface area contributed by atoms with Gasteiger partial charge in [0.1, 0.15) is 0 Å². The van der Waals surface area contributed by atoms with E-state index in [-0.39, 0.29) is 0 Å². The van der Waals surface area contributed by atoms with Crippen molar-refractivity contribution in [1.82, 2.24) is 9.78 Å². The van der Waals surface area contributed by atoms with Crippen LogP contribution < -0.4 is 16.4 Å². The molecule has 0 atom stereocenters. The Hall–Kier alpha value is -2.17. The molecule has 0 fully saturated rings. The number of hydrogen-bond acceptors (Lipinski definition) is 4. The first kappa shape index (κ1) is 11.9. The summed E-state index contributed by atoms with van der Waals surface area (Å²) in [6, 6.07) is 8.08. The minimum atomic E-state index is 0.772. The average Bonchev–Trinajstić information content (AvgIpc) is 2.77. The summed E-state index contributed by atoms with van der Waals surface area (Å²) in [5.41, 5.74) is 10.2. The molecule has 0 amide bonds. The number of nitrogens with one attached hydrogen (secondary N) is 2. The van der Waals surface area contributed by atoms with Crippen LogP contribution in [0.3, 0.4) is 0 Å². The first-order valence-corrected chi connectivity index (χ1v) is 6.68. The van der Waals surface area contributed by atoms with E-state index in [0.717, 1.165) is 35.8 Å². The Bertz CT molecular complexity index is 570. The molecule has 100 valence electrons. The Labute approximate surface area is 112 Å². The monoisotopic (exact) mass is 257 g/mol. The first-order chi connectivity index (χ1) is 9.28. The molecule has 0 saturated heterocycles. The predicted molar refractivity (Wildman–Crippen MR) is 78.8 cm³/mol. The Kier molecular flexibility index (Phi) is 3.03. The largest absolute Gasteiger partial charge is 0.394 e. The molecule has 5 heteroatoms. The molecule has 0 aliphatic carbocycles. The van der Waals surface area contributed by atoms with Gasteiger partial charge in [-0.15, -0.1) is 0 Å². The van der Waals surface area contributed by atoms with E-state index in [1.165, 1.54) is 18.5 Å². The molecule has 0 saturated carbocycles. The fraction of sp³-hybridized carbons (Fsp3) is 0.357. The third kappa shape index (κ3) is 2.23. The molecule has 19 heavy (non-hydrogen) atoms. The van der Waals surface area contributed by atoms with Crippen molar-refractivity contribution in [2.24, 2.45) is 0 Å². The second-order valence-electron chi connectivity index (χ2n) is 4.84. The van der Waals surface area contributed by atoms with Gasteiger partial charge < -0.3 is 16.4 Å². The summed E-state index contributed by atoms with van der Waals surface area (Å²) in [4.78, 5) is 0. The van der Waals surface area contributed by atoms with Crippen LogP contribution in [0.15, 0.2) is 24.3 Å². The number of fused-ring (bicyclic) bond motifs is 1. The van der Waals surface area contributed by atoms with E-state index in [2.05, 4.69) is 15.7 Å². The molecule has 0 bridgehead atoms. The summed E-state index contributed by atoms with van der Waals surface area (Å²) in [5, 5.41) is 10.9. The average molecular weight is 257 g/mol. The topological polar surface area (TPSA) is 67.9 Å². The standard InChI is InChI=1S/C14H19N5/c1-16-10-5-7-11(8-6-10)17-14-13(15)12-4-2-3-9-19(12)18-14/h5-8,16H,2-4,9,15H2,1H3,(H,17,18). The lowest BCUT2D eigenvalue weighted by Gasteiger charge is -2.12. The lowest BCUT2D eigenvalue weighted by Crippen LogP contribution is -2.11. The van der Waals surface area contributed by atoms with Crippen molar-refractivity contribution in [3.8, 4) is 0 Å². The third-order valence-electron chi connectivity index (χ3n) is 3.57. The van der Waals surface area contributed by atoms with E-state index in [9.17, 15) is 0 Å². The molecule has 2 aromatic rings. The van der Waals surface area contributed by atoms with Gasteiger partial charge in [0.15, 0.2) is 5.82 Å². The van der Waals surface area contributed by atoms with Crippen molar-refractivity contribution in [3.05, 3.63) is 30.0 Å². The SMILES string of the molecule is CNc1ccc(Nc2nn3c(c2N)CCCC3)cc1.